The van der Waals surface area contributed by atoms with Crippen molar-refractivity contribution in [3.05, 3.63) is 0 Å². The Morgan fingerprint density at radius 2 is 2.00 bits per heavy atom. The fourth-order valence-electron chi connectivity index (χ4n) is 1.41. The van der Waals surface area contributed by atoms with Gasteiger partial charge in [0, 0.05) is 20.2 Å². The lowest BCUT2D eigenvalue weighted by Crippen LogP contribution is -2.47. The Bertz CT molecular complexity index is 143. The van der Waals surface area contributed by atoms with Gasteiger partial charge in [-0.2, -0.15) is 0 Å². The molecule has 1 aliphatic heterocycles. The van der Waals surface area contributed by atoms with Crippen molar-refractivity contribution >= 4 is 6.29 Å². The van der Waals surface area contributed by atoms with E-state index in [1.165, 1.54) is 12.8 Å². The van der Waals surface area contributed by atoms with Gasteiger partial charge in [-0.25, -0.2) is 0 Å². The molecule has 3 heteroatoms. The van der Waals surface area contributed by atoms with Gasteiger partial charge in [-0.1, -0.05) is 0 Å². The zero-order chi connectivity index (χ0) is 8.32. The van der Waals surface area contributed by atoms with Crippen molar-refractivity contribution in [2.45, 2.75) is 25.5 Å². The molecule has 0 bridgehead atoms. The third-order valence-electron chi connectivity index (χ3n) is 2.37. The summed E-state index contributed by atoms with van der Waals surface area (Å²) in [5, 5.41) is 0. The van der Waals surface area contributed by atoms with Crippen LogP contribution in [0.25, 0.3) is 0 Å². The predicted octanol–water partition coefficient (Wildman–Crippen LogP) is 0.644. The Balaban J connectivity index is 2.59. The van der Waals surface area contributed by atoms with Crippen LogP contribution in [0.5, 0.6) is 0 Å². The van der Waals surface area contributed by atoms with Crippen molar-refractivity contribution in [1.29, 1.82) is 0 Å². The second kappa shape index (κ2) is 3.32. The van der Waals surface area contributed by atoms with Crippen LogP contribution in [-0.4, -0.2) is 37.1 Å². The molecular weight excluding hydrogens is 142 g/mol. The van der Waals surface area contributed by atoms with E-state index in [-0.39, 0.29) is 0 Å². The van der Waals surface area contributed by atoms with E-state index < -0.39 is 5.72 Å². The molecule has 0 aromatic rings. The zero-order valence-corrected chi connectivity index (χ0v) is 7.17. The van der Waals surface area contributed by atoms with E-state index in [2.05, 4.69) is 4.90 Å². The molecule has 0 radical (unpaired) electrons. The summed E-state index contributed by atoms with van der Waals surface area (Å²) >= 11 is 0. The number of nitrogens with zero attached hydrogens (tertiary/aromatic N) is 1. The highest BCUT2D eigenvalue weighted by Crippen LogP contribution is 2.19. The minimum atomic E-state index is -0.684. The Morgan fingerprint density at radius 1 is 1.45 bits per heavy atom. The molecule has 0 saturated carbocycles. The van der Waals surface area contributed by atoms with Crippen molar-refractivity contribution < 1.29 is 9.53 Å². The maximum absolute atomic E-state index is 10.7. The molecule has 1 fully saturated rings. The van der Waals surface area contributed by atoms with Gasteiger partial charge in [0.25, 0.3) is 0 Å². The van der Waals surface area contributed by atoms with Crippen LogP contribution in [0.4, 0.5) is 0 Å². The first kappa shape index (κ1) is 8.68. The summed E-state index contributed by atoms with van der Waals surface area (Å²) in [6.07, 6.45) is 3.22. The van der Waals surface area contributed by atoms with Crippen molar-refractivity contribution in [2.75, 3.05) is 20.2 Å². The molecule has 1 aliphatic rings. The molecule has 0 amide bonds. The number of carbonyl (C=O) groups excluding carboxylic acids is 1. The maximum Gasteiger partial charge on any atom is 0.174 e. The topological polar surface area (TPSA) is 29.5 Å². The van der Waals surface area contributed by atoms with Gasteiger partial charge < -0.3 is 4.74 Å². The molecule has 64 valence electrons. The molecular formula is C8H15NO2. The fourth-order valence-corrected chi connectivity index (χ4v) is 1.41. The molecule has 0 N–H and O–H groups in total. The van der Waals surface area contributed by atoms with Crippen molar-refractivity contribution in [2.24, 2.45) is 0 Å². The average molecular weight is 157 g/mol. The number of methoxy groups -OCH3 is 1. The summed E-state index contributed by atoms with van der Waals surface area (Å²) in [5.41, 5.74) is -0.684. The van der Waals surface area contributed by atoms with Crippen molar-refractivity contribution in [3.63, 3.8) is 0 Å². The van der Waals surface area contributed by atoms with E-state index in [9.17, 15) is 4.79 Å². The Morgan fingerprint density at radius 3 is 2.36 bits per heavy atom. The minimum absolute atomic E-state index is 0.684. The van der Waals surface area contributed by atoms with Gasteiger partial charge in [0.15, 0.2) is 12.0 Å². The van der Waals surface area contributed by atoms with Gasteiger partial charge in [0.2, 0.25) is 0 Å². The number of aldehydes is 1. The van der Waals surface area contributed by atoms with Gasteiger partial charge in [0.1, 0.15) is 0 Å². The minimum Gasteiger partial charge on any atom is -0.357 e. The number of hydrogen-bond donors (Lipinski definition) is 0. The van der Waals surface area contributed by atoms with E-state index in [0.717, 1.165) is 19.4 Å². The van der Waals surface area contributed by atoms with Crippen LogP contribution in [0, 0.1) is 0 Å². The van der Waals surface area contributed by atoms with E-state index in [0.29, 0.717) is 0 Å². The molecule has 11 heavy (non-hydrogen) atoms. The van der Waals surface area contributed by atoms with Crippen LogP contribution in [0.1, 0.15) is 19.8 Å². The van der Waals surface area contributed by atoms with Gasteiger partial charge in [-0.3, -0.25) is 9.69 Å². The number of carbonyl (C=O) groups is 1. The summed E-state index contributed by atoms with van der Waals surface area (Å²) < 4.78 is 5.13. The summed E-state index contributed by atoms with van der Waals surface area (Å²) in [4.78, 5) is 12.7. The lowest BCUT2D eigenvalue weighted by Gasteiger charge is -2.31. The first-order chi connectivity index (χ1) is 5.23. The van der Waals surface area contributed by atoms with Crippen LogP contribution in [-0.2, 0) is 9.53 Å². The lowest BCUT2D eigenvalue weighted by atomic mass is 10.2. The second-order valence-electron chi connectivity index (χ2n) is 3.07. The Hall–Kier alpha value is -0.410. The van der Waals surface area contributed by atoms with Crippen LogP contribution in [0.15, 0.2) is 0 Å². The Kier molecular flexibility index (Phi) is 2.62. The first-order valence-electron chi connectivity index (χ1n) is 3.99. The number of likely N-dealkylation sites (tertiary alicyclic amines) is 1. The highest BCUT2D eigenvalue weighted by molar-refractivity contribution is 5.61. The van der Waals surface area contributed by atoms with E-state index in [1.807, 2.05) is 6.92 Å². The summed E-state index contributed by atoms with van der Waals surface area (Å²) in [6, 6.07) is 0. The molecule has 0 aromatic heterocycles. The largest absolute Gasteiger partial charge is 0.357 e. The molecule has 3 nitrogen and oxygen atoms in total. The number of rotatable bonds is 3. The van der Waals surface area contributed by atoms with E-state index in [4.69, 9.17) is 4.74 Å². The smallest absolute Gasteiger partial charge is 0.174 e. The molecule has 0 aliphatic carbocycles. The highest BCUT2D eigenvalue weighted by atomic mass is 16.5. The molecule has 0 aromatic carbocycles. The number of ether oxygens (including phenoxy) is 1. The zero-order valence-electron chi connectivity index (χ0n) is 7.17. The predicted molar refractivity (Wildman–Crippen MR) is 42.3 cm³/mol. The maximum atomic E-state index is 10.7. The lowest BCUT2D eigenvalue weighted by molar-refractivity contribution is -0.148. The van der Waals surface area contributed by atoms with Crippen LogP contribution >= 0.6 is 0 Å². The van der Waals surface area contributed by atoms with Crippen molar-refractivity contribution in [3.8, 4) is 0 Å². The van der Waals surface area contributed by atoms with Crippen LogP contribution in [0.3, 0.4) is 0 Å². The van der Waals surface area contributed by atoms with Crippen LogP contribution in [0.2, 0.25) is 0 Å². The average Bonchev–Trinajstić information content (AvgIpc) is 2.55. The highest BCUT2D eigenvalue weighted by Gasteiger charge is 2.32. The third kappa shape index (κ3) is 1.60. The van der Waals surface area contributed by atoms with Gasteiger partial charge >= 0.3 is 0 Å². The molecule has 1 saturated heterocycles. The van der Waals surface area contributed by atoms with Gasteiger partial charge in [-0.15, -0.1) is 0 Å². The molecule has 1 rings (SSSR count). The molecule has 1 heterocycles. The van der Waals surface area contributed by atoms with Gasteiger partial charge in [-0.05, 0) is 19.8 Å². The van der Waals surface area contributed by atoms with Gasteiger partial charge in [0.05, 0.1) is 0 Å². The molecule has 1 unspecified atom stereocenters. The molecule has 1 atom stereocenters. The SMILES string of the molecule is COC(C)(C=O)N1CCCC1. The second-order valence-corrected chi connectivity index (χ2v) is 3.07. The molecule has 0 spiro atoms. The standard InChI is InChI=1S/C8H15NO2/c1-8(7-10,11-2)9-5-3-4-6-9/h7H,3-6H2,1-2H3. The summed E-state index contributed by atoms with van der Waals surface area (Å²) in [6.45, 7) is 3.76. The van der Waals surface area contributed by atoms with E-state index >= 15 is 0 Å². The quantitative estimate of drug-likeness (QED) is 0.563. The first-order valence-corrected chi connectivity index (χ1v) is 3.99. The van der Waals surface area contributed by atoms with Crippen molar-refractivity contribution in [1.82, 2.24) is 4.90 Å². The van der Waals surface area contributed by atoms with E-state index in [1.54, 1.807) is 7.11 Å². The fraction of sp³-hybridized carbons (Fsp3) is 0.875. The number of hydrogen-bond acceptors (Lipinski definition) is 3. The third-order valence-corrected chi connectivity index (χ3v) is 2.37. The Labute approximate surface area is 67.3 Å². The summed E-state index contributed by atoms with van der Waals surface area (Å²) in [7, 11) is 1.58. The summed E-state index contributed by atoms with van der Waals surface area (Å²) in [5.74, 6) is 0. The monoisotopic (exact) mass is 157 g/mol. The van der Waals surface area contributed by atoms with Crippen LogP contribution < -0.4 is 0 Å². The normalized spacial score (nSPS) is 24.9.